The number of rotatable bonds is 7. The van der Waals surface area contributed by atoms with Gasteiger partial charge in [0.2, 0.25) is 18.1 Å². The van der Waals surface area contributed by atoms with Gasteiger partial charge in [0.25, 0.3) is 0 Å². The number of carbonyl (C=O) groups is 5. The molecule has 11 heteroatoms. The number of benzene rings is 1. The number of hydrogen-bond donors (Lipinski definition) is 4. The predicted octanol–water partition coefficient (Wildman–Crippen LogP) is 1.18. The molecule has 1 fully saturated rings. The maximum Gasteiger partial charge on any atom is 0.313 e. The van der Waals surface area contributed by atoms with E-state index in [1.54, 1.807) is 25.1 Å². The van der Waals surface area contributed by atoms with Crippen molar-refractivity contribution in [3.05, 3.63) is 23.8 Å². The number of ether oxygens (including phenoxy) is 2. The van der Waals surface area contributed by atoms with Gasteiger partial charge < -0.3 is 30.7 Å². The van der Waals surface area contributed by atoms with E-state index in [-0.39, 0.29) is 24.3 Å². The van der Waals surface area contributed by atoms with E-state index in [0.29, 0.717) is 11.4 Å². The molecule has 1 aliphatic rings. The smallest absolute Gasteiger partial charge is 0.313 e. The summed E-state index contributed by atoms with van der Waals surface area (Å²) < 4.78 is 10.3. The van der Waals surface area contributed by atoms with Crippen molar-refractivity contribution >= 4 is 41.0 Å². The van der Waals surface area contributed by atoms with Crippen molar-refractivity contribution in [3.63, 3.8) is 0 Å². The highest BCUT2D eigenvalue weighted by Crippen LogP contribution is 2.32. The van der Waals surface area contributed by atoms with Crippen LogP contribution in [0.5, 0.6) is 0 Å². The van der Waals surface area contributed by atoms with Crippen LogP contribution >= 0.6 is 0 Å². The lowest BCUT2D eigenvalue weighted by molar-refractivity contribution is -0.164. The molecule has 1 saturated heterocycles. The average Bonchev–Trinajstić information content (AvgIpc) is 3.05. The Labute approximate surface area is 198 Å². The molecule has 0 bridgehead atoms. The Balaban J connectivity index is 2.05. The highest BCUT2D eigenvalue weighted by molar-refractivity contribution is 6.40. The minimum atomic E-state index is -1.07. The maximum absolute atomic E-state index is 12.6. The van der Waals surface area contributed by atoms with Gasteiger partial charge in [-0.15, -0.1) is 0 Å². The molecule has 1 aromatic rings. The number of cyclic esters (lactones) is 1. The van der Waals surface area contributed by atoms with Crippen LogP contribution in [0, 0.1) is 0 Å². The topological polar surface area (TPSA) is 152 Å². The molecule has 0 aromatic heterocycles. The zero-order chi connectivity index (χ0) is 25.6. The Morgan fingerprint density at radius 3 is 2.41 bits per heavy atom. The standard InChI is InChI=1S/C23H32N4O7/c1-7-33-22-17(11-18(29)34-22)27-19(30)12(2)24-20(31)21(32)26-16-10-14(25-13(3)28)8-9-15(16)23(4,5)6/h8-10,12,17,22H,7,11H2,1-6H3,(H,24,31)(H,25,28)(H,26,32)(H,27,30)/t12-,17-,22+/m0/s1. The van der Waals surface area contributed by atoms with E-state index in [1.807, 2.05) is 20.8 Å². The third kappa shape index (κ3) is 7.27. The lowest BCUT2D eigenvalue weighted by atomic mass is 9.85. The fourth-order valence-electron chi connectivity index (χ4n) is 3.37. The second kappa shape index (κ2) is 11.1. The number of carbonyl (C=O) groups excluding carboxylic acids is 5. The Kier molecular flexibility index (Phi) is 8.74. The van der Waals surface area contributed by atoms with Gasteiger partial charge >= 0.3 is 17.8 Å². The average molecular weight is 477 g/mol. The van der Waals surface area contributed by atoms with E-state index in [0.717, 1.165) is 5.56 Å². The van der Waals surface area contributed by atoms with Gasteiger partial charge in [-0.05, 0) is 37.0 Å². The number of esters is 1. The molecule has 1 heterocycles. The largest absolute Gasteiger partial charge is 0.433 e. The first-order chi connectivity index (χ1) is 15.8. The highest BCUT2D eigenvalue weighted by Gasteiger charge is 2.37. The molecular formula is C23H32N4O7. The van der Waals surface area contributed by atoms with Crippen LogP contribution in [0.1, 0.15) is 53.5 Å². The molecule has 4 amide bonds. The third-order valence-corrected chi connectivity index (χ3v) is 4.96. The fourth-order valence-corrected chi connectivity index (χ4v) is 3.37. The Bertz CT molecular complexity index is 971. The van der Waals surface area contributed by atoms with Crippen LogP contribution in [0.25, 0.3) is 0 Å². The first-order valence-corrected chi connectivity index (χ1v) is 11.0. The minimum Gasteiger partial charge on any atom is -0.433 e. The molecule has 0 aliphatic carbocycles. The molecular weight excluding hydrogens is 444 g/mol. The zero-order valence-electron chi connectivity index (χ0n) is 20.2. The SMILES string of the molecule is CCO[C@@H]1OC(=O)C[C@@H]1NC(=O)[C@H](C)NC(=O)C(=O)Nc1cc(NC(C)=O)ccc1C(C)(C)C. The summed E-state index contributed by atoms with van der Waals surface area (Å²) in [6.07, 6.45) is -0.961. The summed E-state index contributed by atoms with van der Waals surface area (Å²) in [6.45, 7) is 10.6. The van der Waals surface area contributed by atoms with E-state index in [9.17, 15) is 24.0 Å². The van der Waals surface area contributed by atoms with Gasteiger partial charge in [0, 0.05) is 24.9 Å². The van der Waals surface area contributed by atoms with Crippen molar-refractivity contribution in [3.8, 4) is 0 Å². The summed E-state index contributed by atoms with van der Waals surface area (Å²) in [7, 11) is 0. The van der Waals surface area contributed by atoms with E-state index >= 15 is 0 Å². The summed E-state index contributed by atoms with van der Waals surface area (Å²) in [5, 5.41) is 10.1. The Morgan fingerprint density at radius 2 is 1.82 bits per heavy atom. The summed E-state index contributed by atoms with van der Waals surface area (Å²) >= 11 is 0. The first-order valence-electron chi connectivity index (χ1n) is 11.0. The third-order valence-electron chi connectivity index (χ3n) is 4.96. The quantitative estimate of drug-likeness (QED) is 0.341. The molecule has 0 radical (unpaired) electrons. The first kappa shape index (κ1) is 26.8. The lowest BCUT2D eigenvalue weighted by Crippen LogP contribution is -2.52. The van der Waals surface area contributed by atoms with Crippen LogP contribution in [-0.2, 0) is 38.9 Å². The second-order valence-electron chi connectivity index (χ2n) is 8.97. The number of nitrogens with one attached hydrogen (secondary N) is 4. The maximum atomic E-state index is 12.6. The van der Waals surface area contributed by atoms with Gasteiger partial charge in [0.05, 0.1) is 6.42 Å². The minimum absolute atomic E-state index is 0.0578. The van der Waals surface area contributed by atoms with Gasteiger partial charge in [0.15, 0.2) is 0 Å². The van der Waals surface area contributed by atoms with Crippen LogP contribution in [-0.4, -0.2) is 54.6 Å². The van der Waals surface area contributed by atoms with Gasteiger partial charge in [0.1, 0.15) is 12.1 Å². The Morgan fingerprint density at radius 1 is 1.15 bits per heavy atom. The molecule has 3 atom stereocenters. The fraction of sp³-hybridized carbons (Fsp3) is 0.522. The molecule has 34 heavy (non-hydrogen) atoms. The molecule has 1 aliphatic heterocycles. The summed E-state index contributed by atoms with van der Waals surface area (Å²) in [5.74, 6) is -3.38. The van der Waals surface area contributed by atoms with Crippen molar-refractivity contribution in [1.82, 2.24) is 10.6 Å². The molecule has 1 aromatic carbocycles. The van der Waals surface area contributed by atoms with Gasteiger partial charge in [-0.2, -0.15) is 0 Å². The molecule has 0 unspecified atom stereocenters. The Hall–Kier alpha value is -3.47. The van der Waals surface area contributed by atoms with Gasteiger partial charge in [-0.25, -0.2) is 0 Å². The highest BCUT2D eigenvalue weighted by atomic mass is 16.7. The van der Waals surface area contributed by atoms with Gasteiger partial charge in [-0.1, -0.05) is 26.8 Å². The van der Waals surface area contributed by atoms with Crippen molar-refractivity contribution in [2.24, 2.45) is 0 Å². The van der Waals surface area contributed by atoms with Crippen LogP contribution < -0.4 is 21.3 Å². The van der Waals surface area contributed by atoms with Crippen LogP contribution in [0.4, 0.5) is 11.4 Å². The monoisotopic (exact) mass is 476 g/mol. The molecule has 2 rings (SSSR count). The summed E-state index contributed by atoms with van der Waals surface area (Å²) in [6, 6.07) is 3.27. The molecule has 0 saturated carbocycles. The normalized spacial score (nSPS) is 18.5. The zero-order valence-corrected chi connectivity index (χ0v) is 20.2. The second-order valence-corrected chi connectivity index (χ2v) is 8.97. The molecule has 0 spiro atoms. The van der Waals surface area contributed by atoms with Crippen molar-refractivity contribution in [1.29, 1.82) is 0 Å². The lowest BCUT2D eigenvalue weighted by Gasteiger charge is -2.24. The van der Waals surface area contributed by atoms with E-state index in [1.165, 1.54) is 13.8 Å². The van der Waals surface area contributed by atoms with Crippen LogP contribution in [0.15, 0.2) is 18.2 Å². The van der Waals surface area contributed by atoms with Crippen LogP contribution in [0.3, 0.4) is 0 Å². The molecule has 4 N–H and O–H groups in total. The number of anilines is 2. The van der Waals surface area contributed by atoms with Crippen molar-refractivity contribution in [2.75, 3.05) is 17.2 Å². The van der Waals surface area contributed by atoms with E-state index in [2.05, 4.69) is 21.3 Å². The van der Waals surface area contributed by atoms with Crippen LogP contribution in [0.2, 0.25) is 0 Å². The van der Waals surface area contributed by atoms with Crippen molar-refractivity contribution in [2.45, 2.75) is 71.8 Å². The number of amides is 4. The molecule has 11 nitrogen and oxygen atoms in total. The number of hydrogen-bond acceptors (Lipinski definition) is 7. The predicted molar refractivity (Wildman–Crippen MR) is 124 cm³/mol. The van der Waals surface area contributed by atoms with E-state index < -0.39 is 42.1 Å². The summed E-state index contributed by atoms with van der Waals surface area (Å²) in [5.41, 5.74) is 1.21. The van der Waals surface area contributed by atoms with Crippen molar-refractivity contribution < 1.29 is 33.4 Å². The van der Waals surface area contributed by atoms with E-state index in [4.69, 9.17) is 9.47 Å². The summed E-state index contributed by atoms with van der Waals surface area (Å²) in [4.78, 5) is 60.4. The molecule has 186 valence electrons. The van der Waals surface area contributed by atoms with Gasteiger partial charge in [-0.3, -0.25) is 24.0 Å².